The summed E-state index contributed by atoms with van der Waals surface area (Å²) >= 11 is 0. The smallest absolute Gasteiger partial charge is 0.241 e. The number of sulfonamides is 1. The van der Waals surface area contributed by atoms with Gasteiger partial charge in [-0.05, 0) is 43.7 Å². The van der Waals surface area contributed by atoms with Crippen LogP contribution in [0.15, 0.2) is 48.5 Å². The Kier molecular flexibility index (Phi) is 6.26. The molecule has 0 fully saturated rings. The number of amides is 1. The minimum atomic E-state index is -3.61. The molecule has 0 saturated heterocycles. The van der Waals surface area contributed by atoms with Crippen LogP contribution in [0, 0.1) is 6.92 Å². The van der Waals surface area contributed by atoms with Crippen LogP contribution in [0.1, 0.15) is 24.1 Å². The lowest BCUT2D eigenvalue weighted by Crippen LogP contribution is -2.41. The Morgan fingerprint density at radius 3 is 2.19 bits per heavy atom. The third kappa shape index (κ3) is 5.23. The molecule has 0 heterocycles. The molecule has 0 saturated carbocycles. The van der Waals surface area contributed by atoms with Gasteiger partial charge in [0.2, 0.25) is 15.9 Å². The predicted molar refractivity (Wildman–Crippen MR) is 103 cm³/mol. The van der Waals surface area contributed by atoms with Crippen molar-refractivity contribution in [2.75, 3.05) is 24.2 Å². The van der Waals surface area contributed by atoms with Gasteiger partial charge in [-0.25, -0.2) is 8.42 Å². The monoisotopic (exact) mass is 376 g/mol. The van der Waals surface area contributed by atoms with E-state index < -0.39 is 10.0 Å². The molecule has 6 nitrogen and oxygen atoms in total. The highest BCUT2D eigenvalue weighted by Gasteiger charge is 2.22. The zero-order chi connectivity index (χ0) is 19.3. The lowest BCUT2D eigenvalue weighted by molar-refractivity contribution is -0.120. The van der Waals surface area contributed by atoms with Gasteiger partial charge in [0.15, 0.2) is 0 Å². The van der Waals surface area contributed by atoms with Gasteiger partial charge in [0.1, 0.15) is 12.3 Å². The van der Waals surface area contributed by atoms with Crippen molar-refractivity contribution in [1.82, 2.24) is 5.32 Å². The molecule has 0 radical (unpaired) electrons. The first-order valence-corrected chi connectivity index (χ1v) is 10.0. The zero-order valence-corrected chi connectivity index (χ0v) is 16.2. The van der Waals surface area contributed by atoms with E-state index in [1.165, 1.54) is 7.11 Å². The van der Waals surface area contributed by atoms with Gasteiger partial charge in [0.25, 0.3) is 0 Å². The molecule has 2 aromatic carbocycles. The third-order valence-corrected chi connectivity index (χ3v) is 5.14. The van der Waals surface area contributed by atoms with Gasteiger partial charge in [-0.15, -0.1) is 0 Å². The molecule has 0 bridgehead atoms. The molecule has 1 amide bonds. The molecule has 0 aromatic heterocycles. The first-order chi connectivity index (χ1) is 12.2. The topological polar surface area (TPSA) is 75.7 Å². The van der Waals surface area contributed by atoms with E-state index in [0.717, 1.165) is 21.7 Å². The predicted octanol–water partition coefficient (Wildman–Crippen LogP) is 2.65. The van der Waals surface area contributed by atoms with Gasteiger partial charge in [0, 0.05) is 0 Å². The molecular weight excluding hydrogens is 352 g/mol. The maximum Gasteiger partial charge on any atom is 0.241 e. The van der Waals surface area contributed by atoms with Crippen molar-refractivity contribution in [2.45, 2.75) is 19.9 Å². The number of ether oxygens (including phenoxy) is 1. The van der Waals surface area contributed by atoms with Crippen LogP contribution < -0.4 is 14.4 Å². The molecular formula is C19H24N2O4S. The van der Waals surface area contributed by atoms with Crippen molar-refractivity contribution >= 4 is 21.6 Å². The Morgan fingerprint density at radius 1 is 1.12 bits per heavy atom. The van der Waals surface area contributed by atoms with Crippen LogP contribution in [0.2, 0.25) is 0 Å². The summed E-state index contributed by atoms with van der Waals surface area (Å²) in [5.74, 6) is 0.235. The van der Waals surface area contributed by atoms with E-state index in [2.05, 4.69) is 5.32 Å². The SMILES string of the molecule is COc1ccc(N(CC(=O)N[C@@H](C)c2ccc(C)cc2)S(C)(=O)=O)cc1. The van der Waals surface area contributed by atoms with E-state index in [9.17, 15) is 13.2 Å². The summed E-state index contributed by atoms with van der Waals surface area (Å²) < 4.78 is 30.4. The summed E-state index contributed by atoms with van der Waals surface area (Å²) in [5.41, 5.74) is 2.50. The number of carbonyl (C=O) groups excluding carboxylic acids is 1. The Balaban J connectivity index is 2.12. The van der Waals surface area contributed by atoms with Gasteiger partial charge >= 0.3 is 0 Å². The number of anilines is 1. The van der Waals surface area contributed by atoms with Crippen LogP contribution in [0.25, 0.3) is 0 Å². The van der Waals surface area contributed by atoms with Crippen LogP contribution in [0.3, 0.4) is 0 Å². The number of aryl methyl sites for hydroxylation is 1. The molecule has 1 atom stereocenters. The molecule has 0 aliphatic heterocycles. The number of rotatable bonds is 7. The van der Waals surface area contributed by atoms with Crippen molar-refractivity contribution in [3.05, 3.63) is 59.7 Å². The largest absolute Gasteiger partial charge is 0.497 e. The lowest BCUT2D eigenvalue weighted by Gasteiger charge is -2.23. The number of hydrogen-bond donors (Lipinski definition) is 1. The van der Waals surface area contributed by atoms with Gasteiger partial charge < -0.3 is 10.1 Å². The summed E-state index contributed by atoms with van der Waals surface area (Å²) in [5, 5.41) is 2.84. The van der Waals surface area contributed by atoms with Gasteiger partial charge in [-0.1, -0.05) is 29.8 Å². The van der Waals surface area contributed by atoms with E-state index in [0.29, 0.717) is 11.4 Å². The van der Waals surface area contributed by atoms with Crippen molar-refractivity contribution < 1.29 is 17.9 Å². The van der Waals surface area contributed by atoms with Crippen LogP contribution in [-0.2, 0) is 14.8 Å². The second-order valence-electron chi connectivity index (χ2n) is 6.17. The van der Waals surface area contributed by atoms with E-state index in [1.807, 2.05) is 38.1 Å². The number of hydrogen-bond acceptors (Lipinski definition) is 4. The average molecular weight is 376 g/mol. The minimum absolute atomic E-state index is 0.222. The lowest BCUT2D eigenvalue weighted by atomic mass is 10.1. The third-order valence-electron chi connectivity index (χ3n) is 4.00. The van der Waals surface area contributed by atoms with Gasteiger partial charge in [-0.2, -0.15) is 0 Å². The van der Waals surface area contributed by atoms with Gasteiger partial charge in [-0.3, -0.25) is 9.10 Å². The molecule has 0 aliphatic rings. The Morgan fingerprint density at radius 2 is 1.69 bits per heavy atom. The summed E-state index contributed by atoms with van der Waals surface area (Å²) in [7, 11) is -2.08. The Labute approximate surface area is 154 Å². The molecule has 0 spiro atoms. The zero-order valence-electron chi connectivity index (χ0n) is 15.4. The number of nitrogens with one attached hydrogen (secondary N) is 1. The summed E-state index contributed by atoms with van der Waals surface area (Å²) in [6.45, 7) is 3.56. The quantitative estimate of drug-likeness (QED) is 0.806. The second-order valence-corrected chi connectivity index (χ2v) is 8.07. The van der Waals surface area contributed by atoms with Crippen molar-refractivity contribution in [3.63, 3.8) is 0 Å². The van der Waals surface area contributed by atoms with Gasteiger partial charge in [0.05, 0.1) is 25.1 Å². The Bertz CT molecular complexity index is 846. The summed E-state index contributed by atoms with van der Waals surface area (Å²) in [6, 6.07) is 14.1. The molecule has 0 unspecified atom stereocenters. The van der Waals surface area contributed by atoms with E-state index in [-0.39, 0.29) is 18.5 Å². The van der Waals surface area contributed by atoms with Crippen molar-refractivity contribution in [1.29, 1.82) is 0 Å². The second kappa shape index (κ2) is 8.23. The van der Waals surface area contributed by atoms with E-state index in [4.69, 9.17) is 4.74 Å². The number of nitrogens with zero attached hydrogens (tertiary/aromatic N) is 1. The minimum Gasteiger partial charge on any atom is -0.497 e. The first-order valence-electron chi connectivity index (χ1n) is 8.18. The molecule has 0 aliphatic carbocycles. The van der Waals surface area contributed by atoms with Crippen LogP contribution in [0.5, 0.6) is 5.75 Å². The molecule has 26 heavy (non-hydrogen) atoms. The summed E-state index contributed by atoms with van der Waals surface area (Å²) in [4.78, 5) is 12.4. The highest BCUT2D eigenvalue weighted by Crippen LogP contribution is 2.21. The molecule has 7 heteroatoms. The average Bonchev–Trinajstić information content (AvgIpc) is 2.59. The van der Waals surface area contributed by atoms with Crippen LogP contribution >= 0.6 is 0 Å². The van der Waals surface area contributed by atoms with Crippen LogP contribution in [0.4, 0.5) is 5.69 Å². The fourth-order valence-corrected chi connectivity index (χ4v) is 3.36. The van der Waals surface area contributed by atoms with E-state index >= 15 is 0 Å². The van der Waals surface area contributed by atoms with Crippen molar-refractivity contribution in [3.8, 4) is 5.75 Å². The highest BCUT2D eigenvalue weighted by molar-refractivity contribution is 7.92. The standard InChI is InChI=1S/C19H24N2O4S/c1-14-5-7-16(8-6-14)15(2)20-19(22)13-21(26(4,23)24)17-9-11-18(25-3)12-10-17/h5-12,15H,13H2,1-4H3,(H,20,22)/t15-/m0/s1. The molecule has 2 rings (SSSR count). The maximum atomic E-state index is 12.4. The van der Waals surface area contributed by atoms with Crippen molar-refractivity contribution in [2.24, 2.45) is 0 Å². The normalized spacial score (nSPS) is 12.3. The Hall–Kier alpha value is -2.54. The number of benzene rings is 2. The highest BCUT2D eigenvalue weighted by atomic mass is 32.2. The molecule has 1 N–H and O–H groups in total. The van der Waals surface area contributed by atoms with Crippen LogP contribution in [-0.4, -0.2) is 34.2 Å². The fourth-order valence-electron chi connectivity index (χ4n) is 2.50. The molecule has 2 aromatic rings. The van der Waals surface area contributed by atoms with E-state index in [1.54, 1.807) is 24.3 Å². The maximum absolute atomic E-state index is 12.4. The number of carbonyl (C=O) groups is 1. The first kappa shape index (κ1) is 19.8. The number of methoxy groups -OCH3 is 1. The fraction of sp³-hybridized carbons (Fsp3) is 0.316. The molecule has 140 valence electrons. The summed E-state index contributed by atoms with van der Waals surface area (Å²) in [6.07, 6.45) is 1.08.